The largest absolute Gasteiger partial charge is 0.391 e. The molecule has 1 aliphatic rings. The fraction of sp³-hybridized carbons (Fsp3) is 0.750. The van der Waals surface area contributed by atoms with Gasteiger partial charge in [0, 0.05) is 13.3 Å². The molecule has 2 rings (SSSR count). The first-order chi connectivity index (χ1) is 9.36. The molecule has 20 heavy (non-hydrogen) atoms. The first-order valence-electron chi connectivity index (χ1n) is 6.80. The van der Waals surface area contributed by atoms with Gasteiger partial charge in [0.15, 0.2) is 20.6 Å². The van der Waals surface area contributed by atoms with Gasteiger partial charge in [0.25, 0.3) is 0 Å². The van der Waals surface area contributed by atoms with Crippen molar-refractivity contribution in [2.45, 2.75) is 49.1 Å². The van der Waals surface area contributed by atoms with Crippen LogP contribution in [0.1, 0.15) is 38.1 Å². The van der Waals surface area contributed by atoms with Gasteiger partial charge in [-0.3, -0.25) is 0 Å². The number of aliphatic hydroxyl groups is 1. The predicted molar refractivity (Wildman–Crippen MR) is 77.4 cm³/mol. The van der Waals surface area contributed by atoms with Gasteiger partial charge in [0.1, 0.15) is 5.82 Å². The van der Waals surface area contributed by atoms with E-state index >= 15 is 0 Å². The molecule has 0 spiro atoms. The van der Waals surface area contributed by atoms with Crippen molar-refractivity contribution < 1.29 is 13.5 Å². The molecule has 7 nitrogen and oxygen atoms in total. The number of nitrogens with one attached hydrogen (secondary N) is 1. The Balaban J connectivity index is 2.49. The molecule has 0 amide bonds. The minimum atomic E-state index is -3.47. The Morgan fingerprint density at radius 2 is 2.00 bits per heavy atom. The molecule has 0 aliphatic heterocycles. The quantitative estimate of drug-likeness (QED) is 0.712. The number of sulfone groups is 1. The molecule has 0 aromatic carbocycles. The van der Waals surface area contributed by atoms with E-state index in [2.05, 4.69) is 10.4 Å². The molecular weight excluding hydrogens is 280 g/mol. The number of aromatic nitrogens is 2. The minimum absolute atomic E-state index is 0.0106. The summed E-state index contributed by atoms with van der Waals surface area (Å²) in [6.45, 7) is 0. The van der Waals surface area contributed by atoms with Crippen molar-refractivity contribution in [3.63, 3.8) is 0 Å². The normalized spacial score (nSPS) is 24.4. The monoisotopic (exact) mass is 302 g/mol. The molecule has 2 unspecified atom stereocenters. The number of rotatable bonds is 3. The smallest absolute Gasteiger partial charge is 0.182 e. The second-order valence-electron chi connectivity index (χ2n) is 5.30. The Morgan fingerprint density at radius 1 is 1.35 bits per heavy atom. The zero-order valence-electron chi connectivity index (χ0n) is 11.8. The average molecular weight is 302 g/mol. The van der Waals surface area contributed by atoms with Crippen molar-refractivity contribution >= 4 is 21.5 Å². The van der Waals surface area contributed by atoms with E-state index in [1.807, 2.05) is 0 Å². The van der Waals surface area contributed by atoms with E-state index in [1.165, 1.54) is 4.68 Å². The van der Waals surface area contributed by atoms with Crippen LogP contribution in [0, 0.1) is 0 Å². The summed E-state index contributed by atoms with van der Waals surface area (Å²) in [5.41, 5.74) is 5.98. The fourth-order valence-electron chi connectivity index (χ4n) is 2.77. The third-order valence-electron chi connectivity index (χ3n) is 3.77. The lowest BCUT2D eigenvalue weighted by molar-refractivity contribution is 0.100. The lowest BCUT2D eigenvalue weighted by Gasteiger charge is -2.21. The molecule has 2 atom stereocenters. The zero-order chi connectivity index (χ0) is 14.9. The molecular formula is C12H22N4O3S. The highest BCUT2D eigenvalue weighted by Gasteiger charge is 2.30. The van der Waals surface area contributed by atoms with Crippen molar-refractivity contribution in [1.82, 2.24) is 9.78 Å². The third kappa shape index (κ3) is 2.76. The maximum absolute atomic E-state index is 11.8. The van der Waals surface area contributed by atoms with Crippen LogP contribution in [-0.4, -0.2) is 42.7 Å². The van der Waals surface area contributed by atoms with Gasteiger partial charge < -0.3 is 16.2 Å². The van der Waals surface area contributed by atoms with Crippen molar-refractivity contribution in [1.29, 1.82) is 0 Å². The fourth-order valence-corrected chi connectivity index (χ4v) is 3.74. The SMILES string of the molecule is CNc1nn(C2CCCCCC2O)c(N)c1S(C)(=O)=O. The minimum Gasteiger partial charge on any atom is -0.391 e. The van der Waals surface area contributed by atoms with Gasteiger partial charge in [-0.2, -0.15) is 5.10 Å². The van der Waals surface area contributed by atoms with Crippen LogP contribution in [0.2, 0.25) is 0 Å². The van der Waals surface area contributed by atoms with Crippen molar-refractivity contribution in [3.05, 3.63) is 0 Å². The molecule has 1 saturated carbocycles. The molecule has 4 N–H and O–H groups in total. The topological polar surface area (TPSA) is 110 Å². The standard InChI is InChI=1S/C12H22N4O3S/c1-14-12-10(20(2,18)19)11(13)16(15-12)8-6-4-3-5-7-9(8)17/h8-9,17H,3-7,13H2,1-2H3,(H,14,15). The molecule has 0 bridgehead atoms. The summed E-state index contributed by atoms with van der Waals surface area (Å²) in [6.07, 6.45) is 5.01. The van der Waals surface area contributed by atoms with Gasteiger partial charge in [0.05, 0.1) is 12.1 Å². The number of nitrogens with zero attached hydrogens (tertiary/aromatic N) is 2. The van der Waals surface area contributed by atoms with Crippen LogP contribution in [-0.2, 0) is 9.84 Å². The van der Waals surface area contributed by atoms with Crippen LogP contribution in [0.5, 0.6) is 0 Å². The van der Waals surface area contributed by atoms with Crippen LogP contribution in [0.25, 0.3) is 0 Å². The van der Waals surface area contributed by atoms with Gasteiger partial charge >= 0.3 is 0 Å². The molecule has 1 heterocycles. The second-order valence-corrected chi connectivity index (χ2v) is 7.25. The number of hydrogen-bond donors (Lipinski definition) is 3. The van der Waals surface area contributed by atoms with E-state index in [4.69, 9.17) is 5.73 Å². The highest BCUT2D eigenvalue weighted by atomic mass is 32.2. The van der Waals surface area contributed by atoms with E-state index in [0.29, 0.717) is 6.42 Å². The van der Waals surface area contributed by atoms with Crippen molar-refractivity contribution in [2.24, 2.45) is 0 Å². The zero-order valence-corrected chi connectivity index (χ0v) is 12.7. The van der Waals surface area contributed by atoms with E-state index in [1.54, 1.807) is 7.05 Å². The third-order valence-corrected chi connectivity index (χ3v) is 4.91. The lowest BCUT2D eigenvalue weighted by atomic mass is 10.1. The van der Waals surface area contributed by atoms with Crippen LogP contribution >= 0.6 is 0 Å². The van der Waals surface area contributed by atoms with Crippen molar-refractivity contribution in [3.8, 4) is 0 Å². The highest BCUT2D eigenvalue weighted by molar-refractivity contribution is 7.91. The molecule has 1 aromatic rings. The molecule has 1 aliphatic carbocycles. The van der Waals surface area contributed by atoms with Gasteiger partial charge in [0.2, 0.25) is 0 Å². The summed E-state index contributed by atoms with van der Waals surface area (Å²) in [7, 11) is -1.87. The summed E-state index contributed by atoms with van der Waals surface area (Å²) in [6, 6.07) is -0.264. The maximum Gasteiger partial charge on any atom is 0.182 e. The molecule has 0 saturated heterocycles. The molecule has 1 aromatic heterocycles. The Hall–Kier alpha value is -1.28. The molecule has 0 radical (unpaired) electrons. The lowest BCUT2D eigenvalue weighted by Crippen LogP contribution is -2.25. The first kappa shape index (κ1) is 15.1. The van der Waals surface area contributed by atoms with Crippen LogP contribution in [0.3, 0.4) is 0 Å². The summed E-state index contributed by atoms with van der Waals surface area (Å²) in [5, 5.41) is 17.2. The summed E-state index contributed by atoms with van der Waals surface area (Å²) in [4.78, 5) is 0.0106. The maximum atomic E-state index is 11.8. The van der Waals surface area contributed by atoms with Crippen LogP contribution in [0.4, 0.5) is 11.6 Å². The summed E-state index contributed by atoms with van der Waals surface area (Å²) >= 11 is 0. The number of hydrogen-bond acceptors (Lipinski definition) is 6. The number of aliphatic hydroxyl groups excluding tert-OH is 1. The number of nitrogen functional groups attached to an aromatic ring is 1. The Kier molecular flexibility index (Phi) is 4.24. The van der Waals surface area contributed by atoms with Crippen LogP contribution < -0.4 is 11.1 Å². The number of anilines is 2. The molecule has 8 heteroatoms. The van der Waals surface area contributed by atoms with Gasteiger partial charge in [-0.15, -0.1) is 0 Å². The average Bonchev–Trinajstić information content (AvgIpc) is 2.55. The highest BCUT2D eigenvalue weighted by Crippen LogP contribution is 2.34. The van der Waals surface area contributed by atoms with Crippen LogP contribution in [0.15, 0.2) is 4.90 Å². The van der Waals surface area contributed by atoms with E-state index < -0.39 is 15.9 Å². The van der Waals surface area contributed by atoms with E-state index in [-0.39, 0.29) is 22.6 Å². The first-order valence-corrected chi connectivity index (χ1v) is 8.69. The van der Waals surface area contributed by atoms with Gasteiger partial charge in [-0.25, -0.2) is 13.1 Å². The number of nitrogens with two attached hydrogens (primary N) is 1. The van der Waals surface area contributed by atoms with Gasteiger partial charge in [-0.1, -0.05) is 19.3 Å². The summed E-state index contributed by atoms with van der Waals surface area (Å²) in [5.74, 6) is 0.337. The molecule has 114 valence electrons. The van der Waals surface area contributed by atoms with E-state index in [9.17, 15) is 13.5 Å². The van der Waals surface area contributed by atoms with Crippen molar-refractivity contribution in [2.75, 3.05) is 24.4 Å². The Labute approximate surface area is 119 Å². The summed E-state index contributed by atoms with van der Waals surface area (Å²) < 4.78 is 25.2. The Bertz CT molecular complexity index is 582. The van der Waals surface area contributed by atoms with Gasteiger partial charge in [-0.05, 0) is 12.8 Å². The Morgan fingerprint density at radius 3 is 2.55 bits per heavy atom. The predicted octanol–water partition coefficient (Wildman–Crippen LogP) is 0.777. The molecule has 1 fully saturated rings. The second kappa shape index (κ2) is 5.61. The van der Waals surface area contributed by atoms with E-state index in [0.717, 1.165) is 31.9 Å².